The van der Waals surface area contributed by atoms with Crippen molar-refractivity contribution in [2.45, 2.75) is 0 Å². The summed E-state index contributed by atoms with van der Waals surface area (Å²) in [6.45, 7) is 0. The van der Waals surface area contributed by atoms with Gasteiger partial charge in [-0.15, -0.1) is 0 Å². The van der Waals surface area contributed by atoms with Gasteiger partial charge in [0, 0.05) is 35.0 Å². The third-order valence-corrected chi connectivity index (χ3v) is 5.46. The van der Waals surface area contributed by atoms with Crippen molar-refractivity contribution in [3.63, 3.8) is 0 Å². The molecule has 5 aromatic rings. The Kier molecular flexibility index (Phi) is 4.93. The van der Waals surface area contributed by atoms with E-state index in [9.17, 15) is 0 Å². The number of hydrogen-bond donors (Lipinski definition) is 0. The van der Waals surface area contributed by atoms with Crippen LogP contribution in [0.3, 0.4) is 0 Å². The predicted octanol–water partition coefficient (Wildman–Crippen LogP) is 5.58. The van der Waals surface area contributed by atoms with E-state index in [1.54, 1.807) is 0 Å². The maximum Gasteiger partial charge on any atom is 0.169 e. The number of aromatic nitrogens is 2. The number of benzene rings is 2. The van der Waals surface area contributed by atoms with E-state index in [0.29, 0.717) is 0 Å². The number of aryl methyl sites for hydroxylation is 2. The Morgan fingerprint density at radius 2 is 0.903 bits per heavy atom. The molecule has 0 saturated carbocycles. The Balaban J connectivity index is 1.48. The number of hydrogen-bond acceptors (Lipinski definition) is 1. The summed E-state index contributed by atoms with van der Waals surface area (Å²) in [5.41, 5.74) is 6.49. The largest absolute Gasteiger partial charge is 0.456 e. The fourth-order valence-corrected chi connectivity index (χ4v) is 3.65. The first-order valence-electron chi connectivity index (χ1n) is 10.4. The molecule has 3 aromatic heterocycles. The van der Waals surface area contributed by atoms with Crippen LogP contribution in [0.2, 0.25) is 0 Å². The molecule has 0 fully saturated rings. The average Bonchev–Trinajstić information content (AvgIpc) is 3.15. The molecule has 0 radical (unpaired) electrons. The van der Waals surface area contributed by atoms with Gasteiger partial charge in [0.15, 0.2) is 24.8 Å². The number of nitrogens with zero attached hydrogens (tertiary/aromatic N) is 2. The first kappa shape index (κ1) is 19.0. The highest BCUT2D eigenvalue weighted by molar-refractivity contribution is 6.06. The topological polar surface area (TPSA) is 20.9 Å². The SMILES string of the molecule is C[n+]1ccc(/C=C/c2ccc3oc4ccc(/C=C/c5cc[n+](C)cc5)cc4c3c2)cc1. The van der Waals surface area contributed by atoms with Crippen LogP contribution in [0.1, 0.15) is 22.3 Å². The monoisotopic (exact) mass is 404 g/mol. The molecule has 0 aliphatic rings. The van der Waals surface area contributed by atoms with Gasteiger partial charge < -0.3 is 4.42 Å². The van der Waals surface area contributed by atoms with Gasteiger partial charge in [-0.2, -0.15) is 0 Å². The van der Waals surface area contributed by atoms with Crippen molar-refractivity contribution >= 4 is 46.2 Å². The van der Waals surface area contributed by atoms with Gasteiger partial charge in [-0.05, 0) is 46.5 Å². The summed E-state index contributed by atoms with van der Waals surface area (Å²) in [7, 11) is 4.05. The Bertz CT molecular complexity index is 1310. The molecule has 0 spiro atoms. The summed E-state index contributed by atoms with van der Waals surface area (Å²) < 4.78 is 10.1. The fraction of sp³-hybridized carbons (Fsp3) is 0.0714. The van der Waals surface area contributed by atoms with Gasteiger partial charge in [0.1, 0.15) is 25.3 Å². The summed E-state index contributed by atoms with van der Waals surface area (Å²) in [5.74, 6) is 0. The van der Waals surface area contributed by atoms with Gasteiger partial charge in [-0.3, -0.25) is 0 Å². The fourth-order valence-electron chi connectivity index (χ4n) is 3.65. The number of fused-ring (bicyclic) bond motifs is 3. The normalized spacial score (nSPS) is 11.9. The Morgan fingerprint density at radius 3 is 1.32 bits per heavy atom. The van der Waals surface area contributed by atoms with E-state index >= 15 is 0 Å². The lowest BCUT2D eigenvalue weighted by molar-refractivity contribution is -0.671. The Labute approximate surface area is 181 Å². The molecule has 150 valence electrons. The molecular formula is C28H24N2O+2. The Morgan fingerprint density at radius 1 is 0.516 bits per heavy atom. The molecule has 0 atom stereocenters. The molecule has 0 aliphatic heterocycles. The van der Waals surface area contributed by atoms with Crippen LogP contribution in [-0.2, 0) is 14.1 Å². The molecule has 3 nitrogen and oxygen atoms in total. The van der Waals surface area contributed by atoms with E-state index in [1.165, 1.54) is 11.1 Å². The highest BCUT2D eigenvalue weighted by Crippen LogP contribution is 2.31. The third-order valence-electron chi connectivity index (χ3n) is 5.46. The molecule has 5 rings (SSSR count). The second kappa shape index (κ2) is 8.04. The van der Waals surface area contributed by atoms with Crippen LogP contribution in [0.5, 0.6) is 0 Å². The first-order valence-corrected chi connectivity index (χ1v) is 10.4. The second-order valence-corrected chi connectivity index (χ2v) is 7.87. The second-order valence-electron chi connectivity index (χ2n) is 7.87. The molecule has 0 saturated heterocycles. The molecule has 0 aliphatic carbocycles. The zero-order valence-corrected chi connectivity index (χ0v) is 17.7. The number of rotatable bonds is 4. The Hall–Kier alpha value is -3.98. The van der Waals surface area contributed by atoms with Gasteiger partial charge >= 0.3 is 0 Å². The minimum absolute atomic E-state index is 0.913. The van der Waals surface area contributed by atoms with E-state index < -0.39 is 0 Å². The summed E-state index contributed by atoms with van der Waals surface area (Å²) >= 11 is 0. The van der Waals surface area contributed by atoms with Crippen LogP contribution in [-0.4, -0.2) is 0 Å². The summed E-state index contributed by atoms with van der Waals surface area (Å²) in [6, 6.07) is 21.1. The molecule has 2 aromatic carbocycles. The van der Waals surface area contributed by atoms with E-state index in [4.69, 9.17) is 4.42 Å². The highest BCUT2D eigenvalue weighted by Gasteiger charge is 2.07. The molecule has 0 amide bonds. The van der Waals surface area contributed by atoms with Gasteiger partial charge in [0.25, 0.3) is 0 Å². The van der Waals surface area contributed by atoms with Crippen LogP contribution in [0, 0.1) is 0 Å². The lowest BCUT2D eigenvalue weighted by Crippen LogP contribution is -2.25. The van der Waals surface area contributed by atoms with Crippen molar-refractivity contribution in [3.8, 4) is 0 Å². The van der Waals surface area contributed by atoms with Gasteiger partial charge in [-0.25, -0.2) is 9.13 Å². The van der Waals surface area contributed by atoms with Gasteiger partial charge in [0.05, 0.1) is 0 Å². The molecule has 31 heavy (non-hydrogen) atoms. The molecular weight excluding hydrogens is 380 g/mol. The van der Waals surface area contributed by atoms with Gasteiger partial charge in [-0.1, -0.05) is 36.4 Å². The van der Waals surface area contributed by atoms with Crippen LogP contribution >= 0.6 is 0 Å². The number of pyridine rings is 2. The predicted molar refractivity (Wildman–Crippen MR) is 127 cm³/mol. The minimum atomic E-state index is 0.913. The van der Waals surface area contributed by atoms with Crippen LogP contribution < -0.4 is 9.13 Å². The van der Waals surface area contributed by atoms with Gasteiger partial charge in [0.2, 0.25) is 0 Å². The third kappa shape index (κ3) is 4.17. The standard InChI is InChI=1S/C28H24N2O/c1-29-15-11-21(12-16-29)3-5-23-7-9-27-25(19-23)26-20-24(8-10-28(26)31-27)6-4-22-13-17-30(2)18-14-22/h3-20H,1-2H3/q+2/b5-3+,6-4+. The summed E-state index contributed by atoms with van der Waals surface area (Å²) in [6.07, 6.45) is 16.8. The van der Waals surface area contributed by atoms with E-state index in [2.05, 4.69) is 110 Å². The van der Waals surface area contributed by atoms with Crippen LogP contribution in [0.4, 0.5) is 0 Å². The average molecular weight is 405 g/mol. The van der Waals surface area contributed by atoms with Crippen molar-refractivity contribution in [2.75, 3.05) is 0 Å². The maximum absolute atomic E-state index is 6.06. The summed E-state index contributed by atoms with van der Waals surface area (Å²) in [5, 5.41) is 2.28. The molecule has 0 bridgehead atoms. The smallest absolute Gasteiger partial charge is 0.169 e. The minimum Gasteiger partial charge on any atom is -0.456 e. The summed E-state index contributed by atoms with van der Waals surface area (Å²) in [4.78, 5) is 0. The van der Waals surface area contributed by atoms with Crippen molar-refractivity contribution in [2.24, 2.45) is 14.1 Å². The van der Waals surface area contributed by atoms with Crippen molar-refractivity contribution in [1.29, 1.82) is 0 Å². The molecule has 0 N–H and O–H groups in total. The van der Waals surface area contributed by atoms with Crippen LogP contribution in [0.25, 0.3) is 46.2 Å². The van der Waals surface area contributed by atoms with E-state index in [1.807, 2.05) is 23.2 Å². The molecule has 3 heterocycles. The quantitative estimate of drug-likeness (QED) is 0.359. The van der Waals surface area contributed by atoms with Crippen molar-refractivity contribution in [1.82, 2.24) is 0 Å². The maximum atomic E-state index is 6.06. The lowest BCUT2D eigenvalue weighted by Gasteiger charge is -1.97. The van der Waals surface area contributed by atoms with E-state index in [0.717, 1.165) is 33.1 Å². The highest BCUT2D eigenvalue weighted by atomic mass is 16.3. The zero-order valence-electron chi connectivity index (χ0n) is 17.7. The first-order chi connectivity index (χ1) is 15.1. The van der Waals surface area contributed by atoms with Crippen molar-refractivity contribution in [3.05, 3.63) is 108 Å². The molecule has 3 heteroatoms. The number of furan rings is 1. The zero-order chi connectivity index (χ0) is 21.2. The lowest BCUT2D eigenvalue weighted by atomic mass is 10.1. The van der Waals surface area contributed by atoms with E-state index in [-0.39, 0.29) is 0 Å². The van der Waals surface area contributed by atoms with Crippen LogP contribution in [0.15, 0.2) is 89.9 Å². The van der Waals surface area contributed by atoms with Crippen molar-refractivity contribution < 1.29 is 13.6 Å². The molecule has 0 unspecified atom stereocenters.